The zero-order chi connectivity index (χ0) is 15.6. The third kappa shape index (κ3) is 19.8. The average molecular weight is 288 g/mol. The molecule has 0 spiro atoms. The van der Waals surface area contributed by atoms with Gasteiger partial charge in [0.2, 0.25) is 0 Å². The van der Waals surface area contributed by atoms with Crippen molar-refractivity contribution in [1.82, 2.24) is 0 Å². The summed E-state index contributed by atoms with van der Waals surface area (Å²) in [4.78, 5) is 10.3. The number of ether oxygens (including phenoxy) is 1. The van der Waals surface area contributed by atoms with E-state index in [4.69, 9.17) is 5.11 Å². The first-order valence-electron chi connectivity index (χ1n) is 8.44. The molecule has 0 aromatic rings. The van der Waals surface area contributed by atoms with Gasteiger partial charge in [0.05, 0.1) is 6.61 Å². The molecule has 0 fully saturated rings. The van der Waals surface area contributed by atoms with E-state index in [2.05, 4.69) is 18.6 Å². The Hall–Kier alpha value is -0.570. The lowest BCUT2D eigenvalue weighted by atomic mass is 10.1. The van der Waals surface area contributed by atoms with Crippen LogP contribution in [0.15, 0.2) is 0 Å². The highest BCUT2D eigenvalue weighted by atomic mass is 16.5. The van der Waals surface area contributed by atoms with Gasteiger partial charge in [-0.2, -0.15) is 0 Å². The van der Waals surface area contributed by atoms with E-state index < -0.39 is 12.1 Å². The van der Waals surface area contributed by atoms with Crippen LogP contribution >= 0.6 is 0 Å². The van der Waals surface area contributed by atoms with Crippen molar-refractivity contribution in [3.05, 3.63) is 0 Å². The topological polar surface area (TPSA) is 46.5 Å². The third-order valence-electron chi connectivity index (χ3n) is 3.08. The van der Waals surface area contributed by atoms with Crippen molar-refractivity contribution in [2.75, 3.05) is 6.61 Å². The van der Waals surface area contributed by atoms with Gasteiger partial charge in [-0.05, 0) is 13.8 Å². The maximum atomic E-state index is 10.3. The maximum Gasteiger partial charge on any atom is 0.334 e. The second kappa shape index (κ2) is 18.4. The molecular weight excluding hydrogens is 252 g/mol. The second-order valence-corrected chi connectivity index (χ2v) is 5.26. The predicted molar refractivity (Wildman–Crippen MR) is 85.8 cm³/mol. The molecule has 0 rings (SSSR count). The second-order valence-electron chi connectivity index (χ2n) is 5.26. The van der Waals surface area contributed by atoms with E-state index in [1.54, 1.807) is 6.92 Å². The Morgan fingerprint density at radius 3 is 1.40 bits per heavy atom. The van der Waals surface area contributed by atoms with E-state index >= 15 is 0 Å². The SMILES string of the molecule is CCCCCCCCCCCC.CCOC(=O)C(C)O. The molecule has 0 saturated heterocycles. The van der Waals surface area contributed by atoms with Gasteiger partial charge in [-0.1, -0.05) is 78.1 Å². The van der Waals surface area contributed by atoms with Crippen LogP contribution in [0.2, 0.25) is 0 Å². The van der Waals surface area contributed by atoms with Gasteiger partial charge in [-0.25, -0.2) is 4.79 Å². The molecule has 1 unspecified atom stereocenters. The summed E-state index contributed by atoms with van der Waals surface area (Å²) in [6.07, 6.45) is 13.5. The molecule has 0 heterocycles. The Labute approximate surface area is 126 Å². The van der Waals surface area contributed by atoms with E-state index in [1.165, 1.54) is 71.1 Å². The van der Waals surface area contributed by atoms with Gasteiger partial charge in [0.15, 0.2) is 0 Å². The van der Waals surface area contributed by atoms with Crippen LogP contribution in [-0.2, 0) is 9.53 Å². The van der Waals surface area contributed by atoms with Crippen LogP contribution in [0, 0.1) is 0 Å². The van der Waals surface area contributed by atoms with Gasteiger partial charge in [-0.3, -0.25) is 0 Å². The fourth-order valence-electron chi connectivity index (χ4n) is 1.82. The minimum absolute atomic E-state index is 0.323. The largest absolute Gasteiger partial charge is 0.464 e. The molecule has 1 N–H and O–H groups in total. The summed E-state index contributed by atoms with van der Waals surface area (Å²) in [5.74, 6) is -0.562. The Morgan fingerprint density at radius 1 is 0.850 bits per heavy atom. The van der Waals surface area contributed by atoms with E-state index in [0.717, 1.165) is 0 Å². The van der Waals surface area contributed by atoms with E-state index in [-0.39, 0.29) is 0 Å². The molecule has 0 radical (unpaired) electrons. The Kier molecular flexibility index (Phi) is 20.0. The number of carbonyl (C=O) groups excluding carboxylic acids is 1. The molecule has 0 aliphatic rings. The minimum Gasteiger partial charge on any atom is -0.464 e. The summed E-state index contributed by atoms with van der Waals surface area (Å²) in [6, 6.07) is 0. The van der Waals surface area contributed by atoms with Crippen molar-refractivity contribution in [2.24, 2.45) is 0 Å². The van der Waals surface area contributed by atoms with Gasteiger partial charge in [0, 0.05) is 0 Å². The lowest BCUT2D eigenvalue weighted by Crippen LogP contribution is -2.18. The first-order chi connectivity index (χ1) is 9.59. The van der Waals surface area contributed by atoms with Crippen molar-refractivity contribution in [1.29, 1.82) is 0 Å². The molecule has 20 heavy (non-hydrogen) atoms. The summed E-state index contributed by atoms with van der Waals surface area (Å²) < 4.78 is 4.41. The molecule has 0 aromatic carbocycles. The number of hydrogen-bond donors (Lipinski definition) is 1. The molecule has 1 atom stereocenters. The lowest BCUT2D eigenvalue weighted by Gasteiger charge is -2.01. The number of carbonyl (C=O) groups is 1. The zero-order valence-corrected chi connectivity index (χ0v) is 14.1. The highest BCUT2D eigenvalue weighted by Gasteiger charge is 2.07. The minimum atomic E-state index is -0.991. The molecular formula is C17H36O3. The first-order valence-corrected chi connectivity index (χ1v) is 8.44. The van der Waals surface area contributed by atoms with E-state index in [9.17, 15) is 4.79 Å². The van der Waals surface area contributed by atoms with Crippen LogP contribution in [0.25, 0.3) is 0 Å². The molecule has 0 aliphatic carbocycles. The Morgan fingerprint density at radius 2 is 1.20 bits per heavy atom. The number of aliphatic hydroxyl groups is 1. The van der Waals surface area contributed by atoms with Gasteiger partial charge in [-0.15, -0.1) is 0 Å². The lowest BCUT2D eigenvalue weighted by molar-refractivity contribution is -0.151. The molecule has 0 saturated carbocycles. The number of aliphatic hydroxyl groups excluding tert-OH is 1. The van der Waals surface area contributed by atoms with Crippen LogP contribution in [0.1, 0.15) is 91.9 Å². The van der Waals surface area contributed by atoms with Crippen LogP contribution in [0.3, 0.4) is 0 Å². The summed E-state index contributed by atoms with van der Waals surface area (Å²) in [5, 5.41) is 8.48. The summed E-state index contributed by atoms with van der Waals surface area (Å²) in [6.45, 7) is 7.95. The molecule has 0 amide bonds. The van der Waals surface area contributed by atoms with E-state index in [1.807, 2.05) is 0 Å². The number of hydrogen-bond acceptors (Lipinski definition) is 3. The highest BCUT2D eigenvalue weighted by Crippen LogP contribution is 2.09. The standard InChI is InChI=1S/C12H26.C5H10O3/c1-3-5-7-9-11-12-10-8-6-4-2;1-3-8-5(7)4(2)6/h3-12H2,1-2H3;4,6H,3H2,1-2H3. The Balaban J connectivity index is 0. The number of esters is 1. The van der Waals surface area contributed by atoms with Gasteiger partial charge >= 0.3 is 5.97 Å². The number of unbranched alkanes of at least 4 members (excludes halogenated alkanes) is 9. The molecule has 0 aliphatic heterocycles. The summed E-state index contributed by atoms with van der Waals surface area (Å²) >= 11 is 0. The third-order valence-corrected chi connectivity index (χ3v) is 3.08. The summed E-state index contributed by atoms with van der Waals surface area (Å²) in [7, 11) is 0. The number of rotatable bonds is 11. The van der Waals surface area contributed by atoms with Crippen molar-refractivity contribution in [3.63, 3.8) is 0 Å². The van der Waals surface area contributed by atoms with Crippen molar-refractivity contribution in [3.8, 4) is 0 Å². The monoisotopic (exact) mass is 288 g/mol. The van der Waals surface area contributed by atoms with Gasteiger partial charge in [0.25, 0.3) is 0 Å². The zero-order valence-electron chi connectivity index (χ0n) is 14.1. The average Bonchev–Trinajstić information content (AvgIpc) is 2.43. The highest BCUT2D eigenvalue weighted by molar-refractivity contribution is 5.73. The van der Waals surface area contributed by atoms with Gasteiger partial charge in [0.1, 0.15) is 6.10 Å². The normalized spacial score (nSPS) is 11.4. The van der Waals surface area contributed by atoms with Crippen LogP contribution in [0.4, 0.5) is 0 Å². The molecule has 0 bridgehead atoms. The van der Waals surface area contributed by atoms with Crippen molar-refractivity contribution >= 4 is 5.97 Å². The fourth-order valence-corrected chi connectivity index (χ4v) is 1.82. The molecule has 3 heteroatoms. The predicted octanol–water partition coefficient (Wildman–Crippen LogP) is 4.86. The fraction of sp³-hybridized carbons (Fsp3) is 0.941. The van der Waals surface area contributed by atoms with Gasteiger partial charge < -0.3 is 9.84 Å². The first kappa shape index (κ1) is 21.7. The molecule has 122 valence electrons. The Bertz CT molecular complexity index is 181. The maximum absolute atomic E-state index is 10.3. The van der Waals surface area contributed by atoms with Crippen molar-refractivity contribution in [2.45, 2.75) is 98.0 Å². The van der Waals surface area contributed by atoms with Crippen molar-refractivity contribution < 1.29 is 14.6 Å². The molecule has 3 nitrogen and oxygen atoms in total. The molecule has 0 aromatic heterocycles. The van der Waals surface area contributed by atoms with Crippen LogP contribution in [0.5, 0.6) is 0 Å². The van der Waals surface area contributed by atoms with Crippen LogP contribution < -0.4 is 0 Å². The summed E-state index contributed by atoms with van der Waals surface area (Å²) in [5.41, 5.74) is 0. The van der Waals surface area contributed by atoms with Crippen LogP contribution in [-0.4, -0.2) is 23.8 Å². The smallest absolute Gasteiger partial charge is 0.334 e. The quantitative estimate of drug-likeness (QED) is 0.436. The van der Waals surface area contributed by atoms with E-state index in [0.29, 0.717) is 6.61 Å².